The number of carbonyl (C=O) groups excluding carboxylic acids is 1. The summed E-state index contributed by atoms with van der Waals surface area (Å²) in [6.07, 6.45) is 4.30. The molecule has 2 amide bonds. The monoisotopic (exact) mass is 383 g/mol. The van der Waals surface area contributed by atoms with Crippen molar-refractivity contribution in [3.63, 3.8) is 0 Å². The van der Waals surface area contributed by atoms with Crippen LogP contribution in [0.3, 0.4) is 0 Å². The Labute approximate surface area is 164 Å². The lowest BCUT2D eigenvalue weighted by Gasteiger charge is -2.47. The molecular formula is C20H25N5OS. The van der Waals surface area contributed by atoms with Gasteiger partial charge < -0.3 is 15.5 Å². The van der Waals surface area contributed by atoms with Gasteiger partial charge in [-0.2, -0.15) is 17.0 Å². The lowest BCUT2D eigenvalue weighted by molar-refractivity contribution is 0.114. The summed E-state index contributed by atoms with van der Waals surface area (Å²) in [6.45, 7) is 2.88. The average Bonchev–Trinajstić information content (AvgIpc) is 2.70. The van der Waals surface area contributed by atoms with Gasteiger partial charge >= 0.3 is 6.03 Å². The Bertz CT molecular complexity index is 789. The van der Waals surface area contributed by atoms with Crippen LogP contribution in [-0.2, 0) is 6.54 Å². The number of carbonyl (C=O) groups is 1. The summed E-state index contributed by atoms with van der Waals surface area (Å²) in [5.41, 5.74) is 7.71. The first-order valence-corrected chi connectivity index (χ1v) is 10.7. The highest BCUT2D eigenvalue weighted by molar-refractivity contribution is 7.99. The maximum absolute atomic E-state index is 13.4. The highest BCUT2D eigenvalue weighted by atomic mass is 32.2. The van der Waals surface area contributed by atoms with Gasteiger partial charge in [0.05, 0.1) is 24.2 Å². The summed E-state index contributed by atoms with van der Waals surface area (Å²) < 4.78 is 0. The molecule has 1 aromatic rings. The molecule has 0 spiro atoms. The molecule has 7 heteroatoms. The Balaban J connectivity index is 1.68. The highest BCUT2D eigenvalue weighted by Crippen LogP contribution is 2.31. The van der Waals surface area contributed by atoms with E-state index in [9.17, 15) is 10.1 Å². The van der Waals surface area contributed by atoms with E-state index >= 15 is 0 Å². The molecule has 3 aliphatic heterocycles. The first-order chi connectivity index (χ1) is 13.2. The van der Waals surface area contributed by atoms with Crippen molar-refractivity contribution in [1.29, 1.82) is 5.26 Å². The zero-order valence-corrected chi connectivity index (χ0v) is 16.2. The van der Waals surface area contributed by atoms with Crippen LogP contribution in [0.1, 0.15) is 24.0 Å². The molecule has 27 heavy (non-hydrogen) atoms. The van der Waals surface area contributed by atoms with Crippen LogP contribution in [-0.4, -0.2) is 64.0 Å². The van der Waals surface area contributed by atoms with Crippen LogP contribution in [0.5, 0.6) is 0 Å². The second-order valence-corrected chi connectivity index (χ2v) is 8.50. The summed E-state index contributed by atoms with van der Waals surface area (Å²) >= 11 is 1.90. The Kier molecular flexibility index (Phi) is 5.28. The minimum Gasteiger partial charge on any atom is -0.357 e. The van der Waals surface area contributed by atoms with Crippen molar-refractivity contribution in [2.24, 2.45) is 5.73 Å². The van der Waals surface area contributed by atoms with E-state index in [-0.39, 0.29) is 18.1 Å². The molecule has 1 unspecified atom stereocenters. The van der Waals surface area contributed by atoms with Crippen LogP contribution in [0.25, 0.3) is 0 Å². The quantitative estimate of drug-likeness (QED) is 0.866. The van der Waals surface area contributed by atoms with Crippen molar-refractivity contribution in [3.8, 4) is 6.07 Å². The fraction of sp³-hybridized carbons (Fsp3) is 0.500. The van der Waals surface area contributed by atoms with Crippen molar-refractivity contribution >= 4 is 17.8 Å². The number of nitrogens with two attached hydrogens (primary N) is 1. The van der Waals surface area contributed by atoms with Crippen LogP contribution >= 0.6 is 11.8 Å². The number of fused-ring (bicyclic) bond motifs is 1. The average molecular weight is 384 g/mol. The predicted molar refractivity (Wildman–Crippen MR) is 107 cm³/mol. The van der Waals surface area contributed by atoms with Gasteiger partial charge in [0.25, 0.3) is 0 Å². The lowest BCUT2D eigenvalue weighted by Crippen LogP contribution is -2.58. The number of urea groups is 1. The van der Waals surface area contributed by atoms with Gasteiger partial charge in [-0.15, -0.1) is 0 Å². The first-order valence-electron chi connectivity index (χ1n) is 9.53. The number of thioether (sulfide) groups is 1. The Morgan fingerprint density at radius 3 is 2.96 bits per heavy atom. The molecule has 6 nitrogen and oxygen atoms in total. The maximum atomic E-state index is 13.4. The van der Waals surface area contributed by atoms with E-state index in [2.05, 4.69) is 17.0 Å². The standard InChI is InChI=1S/C20H25N5OS/c21-11-15-4-1-2-5-16(15)12-25-19(23-7-3-6-17(22)13-23)10-18-14-27-9-8-24(18)20(25)26/h1-2,4-5,10,17-18H,3,6-9,12-14,22H2/t17-,18?/m1/s1. The Morgan fingerprint density at radius 1 is 1.30 bits per heavy atom. The Morgan fingerprint density at radius 2 is 2.15 bits per heavy atom. The van der Waals surface area contributed by atoms with E-state index in [1.54, 1.807) is 0 Å². The van der Waals surface area contributed by atoms with E-state index in [1.807, 2.05) is 45.8 Å². The molecule has 0 saturated carbocycles. The van der Waals surface area contributed by atoms with Gasteiger partial charge in [-0.25, -0.2) is 4.79 Å². The molecular weight excluding hydrogens is 358 g/mol. The molecule has 2 atom stereocenters. The molecule has 2 saturated heterocycles. The number of amides is 2. The largest absolute Gasteiger partial charge is 0.357 e. The molecule has 0 bridgehead atoms. The van der Waals surface area contributed by atoms with E-state index in [0.717, 1.165) is 55.4 Å². The van der Waals surface area contributed by atoms with Crippen molar-refractivity contribution in [2.45, 2.75) is 31.5 Å². The fourth-order valence-corrected chi connectivity index (χ4v) is 5.10. The molecule has 4 rings (SSSR count). The number of hydrogen-bond acceptors (Lipinski definition) is 5. The summed E-state index contributed by atoms with van der Waals surface area (Å²) in [4.78, 5) is 19.4. The minimum atomic E-state index is 0.0460. The molecule has 3 aliphatic rings. The summed E-state index contributed by atoms with van der Waals surface area (Å²) in [6, 6.07) is 10.1. The van der Waals surface area contributed by atoms with Crippen molar-refractivity contribution in [3.05, 3.63) is 47.3 Å². The van der Waals surface area contributed by atoms with Crippen molar-refractivity contribution < 1.29 is 4.79 Å². The topological polar surface area (TPSA) is 76.6 Å². The van der Waals surface area contributed by atoms with Crippen molar-refractivity contribution in [1.82, 2.24) is 14.7 Å². The smallest absolute Gasteiger partial charge is 0.326 e. The fourth-order valence-electron chi connectivity index (χ4n) is 4.09. The third-order valence-electron chi connectivity index (χ3n) is 5.51. The molecule has 2 N–H and O–H groups in total. The number of piperidine rings is 1. The number of nitriles is 1. The number of likely N-dealkylation sites (tertiary alicyclic amines) is 1. The second kappa shape index (κ2) is 7.83. The van der Waals surface area contributed by atoms with Gasteiger partial charge in [-0.05, 0) is 30.5 Å². The van der Waals surface area contributed by atoms with E-state index < -0.39 is 0 Å². The SMILES string of the molecule is N#Cc1ccccc1CN1C(=O)N2CCSCC2C=C1N1CCC[C@@H](N)C1. The van der Waals surface area contributed by atoms with Gasteiger partial charge in [-0.3, -0.25) is 4.90 Å². The lowest BCUT2D eigenvalue weighted by atomic mass is 10.0. The third kappa shape index (κ3) is 3.64. The van der Waals surface area contributed by atoms with Crippen LogP contribution in [0.15, 0.2) is 36.2 Å². The maximum Gasteiger partial charge on any atom is 0.326 e. The first kappa shape index (κ1) is 18.2. The van der Waals surface area contributed by atoms with Gasteiger partial charge in [-0.1, -0.05) is 18.2 Å². The summed E-state index contributed by atoms with van der Waals surface area (Å²) in [5, 5.41) is 9.44. The number of rotatable bonds is 3. The number of benzene rings is 1. The van der Waals surface area contributed by atoms with Gasteiger partial charge in [0, 0.05) is 37.2 Å². The predicted octanol–water partition coefficient (Wildman–Crippen LogP) is 2.18. The number of hydrogen-bond donors (Lipinski definition) is 1. The van der Waals surface area contributed by atoms with E-state index in [1.165, 1.54) is 0 Å². The molecule has 0 aromatic heterocycles. The van der Waals surface area contributed by atoms with Crippen LogP contribution < -0.4 is 5.73 Å². The Hall–Kier alpha value is -2.17. The van der Waals surface area contributed by atoms with Crippen LogP contribution in [0, 0.1) is 11.3 Å². The molecule has 142 valence electrons. The van der Waals surface area contributed by atoms with Gasteiger partial charge in [0.2, 0.25) is 0 Å². The van der Waals surface area contributed by atoms with Crippen LogP contribution in [0.4, 0.5) is 4.79 Å². The zero-order chi connectivity index (χ0) is 18.8. The number of nitrogens with zero attached hydrogens (tertiary/aromatic N) is 4. The molecule has 3 heterocycles. The van der Waals surface area contributed by atoms with Gasteiger partial charge in [0.15, 0.2) is 0 Å². The van der Waals surface area contributed by atoms with E-state index in [0.29, 0.717) is 12.1 Å². The molecule has 2 fully saturated rings. The summed E-state index contributed by atoms with van der Waals surface area (Å²) in [7, 11) is 0. The molecule has 0 radical (unpaired) electrons. The second-order valence-electron chi connectivity index (χ2n) is 7.35. The normalized spacial score (nSPS) is 25.7. The highest BCUT2D eigenvalue weighted by Gasteiger charge is 2.38. The van der Waals surface area contributed by atoms with Crippen LogP contribution in [0.2, 0.25) is 0 Å². The molecule has 0 aliphatic carbocycles. The van der Waals surface area contributed by atoms with Gasteiger partial charge in [0.1, 0.15) is 5.82 Å². The zero-order valence-electron chi connectivity index (χ0n) is 15.4. The minimum absolute atomic E-state index is 0.0460. The molecule has 1 aromatic carbocycles. The van der Waals surface area contributed by atoms with Crippen molar-refractivity contribution in [2.75, 3.05) is 31.1 Å². The van der Waals surface area contributed by atoms with E-state index in [4.69, 9.17) is 5.73 Å². The summed E-state index contributed by atoms with van der Waals surface area (Å²) in [5.74, 6) is 2.88. The third-order valence-corrected chi connectivity index (χ3v) is 6.56.